The monoisotopic (exact) mass is 1030 g/mol. The van der Waals surface area contributed by atoms with Crippen molar-refractivity contribution in [2.24, 2.45) is 0 Å². The summed E-state index contributed by atoms with van der Waals surface area (Å²) in [6.07, 6.45) is 81.7. The van der Waals surface area contributed by atoms with Gasteiger partial charge in [-0.3, -0.25) is 14.4 Å². The van der Waals surface area contributed by atoms with E-state index < -0.39 is 6.10 Å². The largest absolute Gasteiger partial charge is 0.462 e. The van der Waals surface area contributed by atoms with Gasteiger partial charge in [-0.15, -0.1) is 0 Å². The minimum atomic E-state index is -0.785. The Hall–Kier alpha value is -3.41. The number of hydrogen-bond acceptors (Lipinski definition) is 6. The van der Waals surface area contributed by atoms with Gasteiger partial charge in [0.25, 0.3) is 0 Å². The lowest BCUT2D eigenvalue weighted by atomic mass is 10.0. The number of allylic oxidation sites excluding steroid dienone is 14. The molecule has 1 atom stereocenters. The highest BCUT2D eigenvalue weighted by Gasteiger charge is 2.19. The van der Waals surface area contributed by atoms with Crippen LogP contribution in [0.5, 0.6) is 0 Å². The van der Waals surface area contributed by atoms with Crippen LogP contribution in [-0.4, -0.2) is 37.2 Å². The predicted molar refractivity (Wildman–Crippen MR) is 321 cm³/mol. The number of rotatable bonds is 57. The molecule has 0 aromatic rings. The molecule has 426 valence electrons. The number of ether oxygens (including phenoxy) is 3. The molecule has 0 saturated heterocycles. The van der Waals surface area contributed by atoms with Crippen molar-refractivity contribution in [3.8, 4) is 0 Å². The Morgan fingerprint density at radius 1 is 0.284 bits per heavy atom. The van der Waals surface area contributed by atoms with E-state index in [4.69, 9.17) is 14.2 Å². The molecule has 0 aliphatic heterocycles. The van der Waals surface area contributed by atoms with E-state index in [1.54, 1.807) is 0 Å². The topological polar surface area (TPSA) is 78.9 Å². The molecule has 0 heterocycles. The molecule has 0 fully saturated rings. The summed E-state index contributed by atoms with van der Waals surface area (Å²) < 4.78 is 16.9. The Kier molecular flexibility index (Phi) is 59.3. The third kappa shape index (κ3) is 59.5. The first kappa shape index (κ1) is 70.6. The zero-order valence-electron chi connectivity index (χ0n) is 48.8. The van der Waals surface area contributed by atoms with Crippen molar-refractivity contribution in [3.63, 3.8) is 0 Å². The summed E-state index contributed by atoms with van der Waals surface area (Å²) in [5, 5.41) is 0. The zero-order valence-corrected chi connectivity index (χ0v) is 48.8. The average Bonchev–Trinajstić information content (AvgIpc) is 3.40. The van der Waals surface area contributed by atoms with Gasteiger partial charge in [0.1, 0.15) is 13.2 Å². The molecule has 6 heteroatoms. The molecule has 0 N–H and O–H groups in total. The quantitative estimate of drug-likeness (QED) is 0.0261. The van der Waals surface area contributed by atoms with Crippen molar-refractivity contribution >= 4 is 17.9 Å². The number of carbonyl (C=O) groups excluding carboxylic acids is 3. The maximum absolute atomic E-state index is 12.9. The highest BCUT2D eigenvalue weighted by molar-refractivity contribution is 5.71. The fourth-order valence-corrected chi connectivity index (χ4v) is 8.98. The molecule has 6 nitrogen and oxygen atoms in total. The van der Waals surface area contributed by atoms with Crippen molar-refractivity contribution in [1.29, 1.82) is 0 Å². The van der Waals surface area contributed by atoms with Crippen LogP contribution in [0.25, 0.3) is 0 Å². The van der Waals surface area contributed by atoms with E-state index in [9.17, 15) is 14.4 Å². The highest BCUT2D eigenvalue weighted by atomic mass is 16.6. The van der Waals surface area contributed by atoms with Crippen LogP contribution in [0.1, 0.15) is 310 Å². The number of esters is 3. The van der Waals surface area contributed by atoms with Crippen LogP contribution in [0.4, 0.5) is 0 Å². The molecule has 0 radical (unpaired) electrons. The first-order chi connectivity index (χ1) is 36.5. The second-order valence-corrected chi connectivity index (χ2v) is 20.9. The summed E-state index contributed by atoms with van der Waals surface area (Å²) in [5.74, 6) is -0.899. The van der Waals surface area contributed by atoms with Gasteiger partial charge in [0.2, 0.25) is 0 Å². The van der Waals surface area contributed by atoms with E-state index in [1.807, 2.05) is 0 Å². The van der Waals surface area contributed by atoms with E-state index in [2.05, 4.69) is 106 Å². The summed E-state index contributed by atoms with van der Waals surface area (Å²) in [6.45, 7) is 6.42. The van der Waals surface area contributed by atoms with Gasteiger partial charge in [0, 0.05) is 19.3 Å². The Morgan fingerprint density at radius 2 is 0.527 bits per heavy atom. The standard InChI is InChI=1S/C68H118O6/c1-4-7-10-13-16-19-22-25-27-28-29-30-31-32-33-34-35-36-37-38-39-40-41-44-46-49-52-55-58-61-67(70)73-64-65(63-72-66(69)60-57-54-51-48-45-42-24-21-18-15-12-9-6-3)74-68(71)62-59-56-53-50-47-43-26-23-20-17-14-11-8-5-2/h7,9-10,12,16,18-19,21,25,27,29-30,42,45,65H,4-6,8,11,13-15,17,20,22-24,26,28,31-41,43-44,46-64H2,1-3H3/b10-7-,12-9-,19-16-,21-18-,27-25-,30-29-,45-42-. The molecular formula is C68H118O6. The Labute approximate surface area is 458 Å². The summed E-state index contributed by atoms with van der Waals surface area (Å²) >= 11 is 0. The molecule has 0 rings (SSSR count). The molecule has 0 spiro atoms. The summed E-state index contributed by atoms with van der Waals surface area (Å²) in [4.78, 5) is 38.2. The molecule has 0 amide bonds. The Morgan fingerprint density at radius 3 is 0.838 bits per heavy atom. The van der Waals surface area contributed by atoms with E-state index in [0.29, 0.717) is 19.3 Å². The lowest BCUT2D eigenvalue weighted by molar-refractivity contribution is -0.167. The average molecular weight is 1030 g/mol. The van der Waals surface area contributed by atoms with Crippen molar-refractivity contribution in [3.05, 3.63) is 85.1 Å². The van der Waals surface area contributed by atoms with Crippen LogP contribution in [0.15, 0.2) is 85.1 Å². The SMILES string of the molecule is CC/C=C\C/C=C\C/C=C\C/C=C\CCCCCCCCCCCCCCCCCCC(=O)OCC(COC(=O)CCCCC/C=C\C/C=C\C/C=C\CC)OC(=O)CCCCCCCCCCCCCCCC. The molecule has 0 bridgehead atoms. The molecule has 0 aliphatic carbocycles. The number of carbonyl (C=O) groups is 3. The van der Waals surface area contributed by atoms with Crippen molar-refractivity contribution in [2.45, 2.75) is 316 Å². The molecule has 1 unspecified atom stereocenters. The maximum atomic E-state index is 12.9. The van der Waals surface area contributed by atoms with Crippen LogP contribution in [0.3, 0.4) is 0 Å². The predicted octanol–water partition coefficient (Wildman–Crippen LogP) is 21.5. The molecule has 0 aliphatic rings. The van der Waals surface area contributed by atoms with Crippen LogP contribution >= 0.6 is 0 Å². The van der Waals surface area contributed by atoms with E-state index in [1.165, 1.54) is 161 Å². The second kappa shape index (κ2) is 62.1. The lowest BCUT2D eigenvalue weighted by Gasteiger charge is -2.18. The van der Waals surface area contributed by atoms with Crippen LogP contribution in [-0.2, 0) is 28.6 Å². The second-order valence-electron chi connectivity index (χ2n) is 20.9. The van der Waals surface area contributed by atoms with Gasteiger partial charge >= 0.3 is 17.9 Å². The number of hydrogen-bond donors (Lipinski definition) is 0. The molecule has 0 saturated carbocycles. The first-order valence-electron chi connectivity index (χ1n) is 31.6. The zero-order chi connectivity index (χ0) is 53.6. The maximum Gasteiger partial charge on any atom is 0.306 e. The lowest BCUT2D eigenvalue weighted by Crippen LogP contribution is -2.30. The Bertz CT molecular complexity index is 1420. The van der Waals surface area contributed by atoms with E-state index in [-0.39, 0.29) is 31.1 Å². The van der Waals surface area contributed by atoms with Gasteiger partial charge in [-0.2, -0.15) is 0 Å². The minimum Gasteiger partial charge on any atom is -0.462 e. The van der Waals surface area contributed by atoms with Crippen LogP contribution in [0, 0.1) is 0 Å². The first-order valence-corrected chi connectivity index (χ1v) is 31.6. The van der Waals surface area contributed by atoms with Crippen molar-refractivity contribution < 1.29 is 28.6 Å². The van der Waals surface area contributed by atoms with Gasteiger partial charge in [-0.05, 0) is 89.9 Å². The van der Waals surface area contributed by atoms with Gasteiger partial charge in [0.15, 0.2) is 6.10 Å². The van der Waals surface area contributed by atoms with E-state index >= 15 is 0 Å². The molecule has 74 heavy (non-hydrogen) atoms. The summed E-state index contributed by atoms with van der Waals surface area (Å²) in [5.41, 5.74) is 0. The normalized spacial score (nSPS) is 12.6. The molecule has 0 aromatic carbocycles. The highest BCUT2D eigenvalue weighted by Crippen LogP contribution is 2.17. The van der Waals surface area contributed by atoms with Gasteiger partial charge < -0.3 is 14.2 Å². The van der Waals surface area contributed by atoms with Crippen LogP contribution < -0.4 is 0 Å². The van der Waals surface area contributed by atoms with Gasteiger partial charge in [-0.25, -0.2) is 0 Å². The fraction of sp³-hybridized carbons (Fsp3) is 0.750. The summed E-state index contributed by atoms with van der Waals surface area (Å²) in [6, 6.07) is 0. The van der Waals surface area contributed by atoms with Crippen molar-refractivity contribution in [2.75, 3.05) is 13.2 Å². The number of unbranched alkanes of at least 4 members (excludes halogenated alkanes) is 32. The Balaban J connectivity index is 4.20. The summed E-state index contributed by atoms with van der Waals surface area (Å²) in [7, 11) is 0. The van der Waals surface area contributed by atoms with Gasteiger partial charge in [-0.1, -0.05) is 286 Å². The minimum absolute atomic E-state index is 0.0820. The smallest absolute Gasteiger partial charge is 0.306 e. The molecule has 0 aromatic heterocycles. The molecular weight excluding hydrogens is 913 g/mol. The van der Waals surface area contributed by atoms with E-state index in [0.717, 1.165) is 109 Å². The fourth-order valence-electron chi connectivity index (χ4n) is 8.98. The van der Waals surface area contributed by atoms with Gasteiger partial charge in [0.05, 0.1) is 0 Å². The van der Waals surface area contributed by atoms with Crippen molar-refractivity contribution in [1.82, 2.24) is 0 Å². The third-order valence-electron chi connectivity index (χ3n) is 13.6. The van der Waals surface area contributed by atoms with Crippen LogP contribution in [0.2, 0.25) is 0 Å². The third-order valence-corrected chi connectivity index (χ3v) is 13.6.